The lowest BCUT2D eigenvalue weighted by atomic mass is 9.93. The molecule has 3 atom stereocenters. The molecule has 2 heteroatoms. The molecule has 3 aliphatic rings. The van der Waals surface area contributed by atoms with Crippen LogP contribution >= 0.6 is 0 Å². The molecule has 2 bridgehead atoms. The number of nitrogens with zero attached hydrogens (tertiary/aromatic N) is 2. The molecule has 0 N–H and O–H groups in total. The number of hydrogen-bond donors (Lipinski definition) is 0. The fraction of sp³-hybridized carbons (Fsp3) is 0.684. The van der Waals surface area contributed by atoms with Crippen LogP contribution in [0.5, 0.6) is 0 Å². The van der Waals surface area contributed by atoms with Gasteiger partial charge in [-0.15, -0.1) is 0 Å². The summed E-state index contributed by atoms with van der Waals surface area (Å²) in [6.07, 6.45) is 6.07. The van der Waals surface area contributed by atoms with Crippen molar-refractivity contribution in [3.63, 3.8) is 0 Å². The van der Waals surface area contributed by atoms with Crippen molar-refractivity contribution in [2.24, 2.45) is 11.8 Å². The lowest BCUT2D eigenvalue weighted by molar-refractivity contribution is 0.0679. The highest BCUT2D eigenvalue weighted by atomic mass is 15.3. The van der Waals surface area contributed by atoms with Crippen molar-refractivity contribution in [2.45, 2.75) is 45.2 Å². The van der Waals surface area contributed by atoms with E-state index in [1.165, 1.54) is 63.0 Å². The van der Waals surface area contributed by atoms with Gasteiger partial charge in [-0.2, -0.15) is 0 Å². The molecule has 21 heavy (non-hydrogen) atoms. The van der Waals surface area contributed by atoms with Gasteiger partial charge in [0.15, 0.2) is 0 Å². The molecular formula is C19H28N2. The molecule has 0 spiro atoms. The van der Waals surface area contributed by atoms with Gasteiger partial charge in [-0.1, -0.05) is 36.2 Å². The predicted molar refractivity (Wildman–Crippen MR) is 87.3 cm³/mol. The minimum Gasteiger partial charge on any atom is -0.298 e. The summed E-state index contributed by atoms with van der Waals surface area (Å²) in [7, 11) is 0. The Kier molecular flexibility index (Phi) is 3.76. The molecule has 0 radical (unpaired) electrons. The fourth-order valence-corrected chi connectivity index (χ4v) is 4.98. The molecule has 1 aliphatic heterocycles. The average molecular weight is 284 g/mol. The van der Waals surface area contributed by atoms with E-state index in [0.717, 1.165) is 24.4 Å². The molecule has 3 fully saturated rings. The van der Waals surface area contributed by atoms with E-state index in [9.17, 15) is 0 Å². The minimum atomic E-state index is 0.935. The summed E-state index contributed by atoms with van der Waals surface area (Å²) in [5, 5.41) is 0. The molecule has 2 nitrogen and oxygen atoms in total. The van der Waals surface area contributed by atoms with Crippen LogP contribution in [0.4, 0.5) is 0 Å². The van der Waals surface area contributed by atoms with Crippen LogP contribution in [0.2, 0.25) is 0 Å². The van der Waals surface area contributed by atoms with E-state index in [2.05, 4.69) is 41.0 Å². The molecule has 0 amide bonds. The Labute approximate surface area is 129 Å². The summed E-state index contributed by atoms with van der Waals surface area (Å²) in [5.74, 6) is 2.11. The summed E-state index contributed by atoms with van der Waals surface area (Å²) < 4.78 is 0. The number of rotatable bonds is 3. The molecule has 0 unspecified atom stereocenters. The topological polar surface area (TPSA) is 6.48 Å². The van der Waals surface area contributed by atoms with Crippen LogP contribution in [-0.2, 0) is 6.54 Å². The molecule has 1 aromatic carbocycles. The van der Waals surface area contributed by atoms with Crippen LogP contribution in [0.15, 0.2) is 24.3 Å². The van der Waals surface area contributed by atoms with E-state index in [4.69, 9.17) is 0 Å². The smallest absolute Gasteiger partial charge is 0.0234 e. The Hall–Kier alpha value is -0.860. The van der Waals surface area contributed by atoms with E-state index in [1.807, 2.05) is 0 Å². The third-order valence-electron chi connectivity index (χ3n) is 6.07. The molecule has 2 saturated carbocycles. The van der Waals surface area contributed by atoms with Crippen molar-refractivity contribution < 1.29 is 0 Å². The van der Waals surface area contributed by atoms with Crippen LogP contribution in [0.1, 0.15) is 36.8 Å². The summed E-state index contributed by atoms with van der Waals surface area (Å²) in [6.45, 7) is 8.41. The highest BCUT2D eigenvalue weighted by Crippen LogP contribution is 2.46. The normalized spacial score (nSPS) is 33.7. The Morgan fingerprint density at radius 2 is 1.90 bits per heavy atom. The maximum absolute atomic E-state index is 2.82. The number of aryl methyl sites for hydroxylation is 1. The Bertz CT molecular complexity index is 490. The van der Waals surface area contributed by atoms with Crippen LogP contribution in [0.25, 0.3) is 0 Å². The van der Waals surface area contributed by atoms with Gasteiger partial charge in [0.2, 0.25) is 0 Å². The first kappa shape index (κ1) is 13.8. The first-order valence-corrected chi connectivity index (χ1v) is 8.80. The standard InChI is InChI=1S/C19H28N2/c1-15-3-2-4-17(11-15)14-20-7-9-21(10-8-20)19-13-16-5-6-18(19)12-16/h2-4,11,16,18-19H,5-10,12-14H2,1H3/t16-,18+,19+/m0/s1. The molecule has 1 heterocycles. The molecule has 0 aromatic heterocycles. The van der Waals surface area contributed by atoms with Gasteiger partial charge in [-0.25, -0.2) is 0 Å². The van der Waals surface area contributed by atoms with Crippen LogP contribution in [0, 0.1) is 18.8 Å². The zero-order chi connectivity index (χ0) is 14.2. The first-order chi connectivity index (χ1) is 10.3. The van der Waals surface area contributed by atoms with Crippen molar-refractivity contribution in [1.29, 1.82) is 0 Å². The van der Waals surface area contributed by atoms with Gasteiger partial charge in [0.1, 0.15) is 0 Å². The van der Waals surface area contributed by atoms with E-state index in [0.29, 0.717) is 0 Å². The zero-order valence-electron chi connectivity index (χ0n) is 13.3. The second kappa shape index (κ2) is 5.73. The molecule has 2 aliphatic carbocycles. The maximum atomic E-state index is 2.82. The molecular weight excluding hydrogens is 256 g/mol. The maximum Gasteiger partial charge on any atom is 0.0234 e. The van der Waals surface area contributed by atoms with E-state index in [-0.39, 0.29) is 0 Å². The average Bonchev–Trinajstić information content (AvgIpc) is 3.11. The number of hydrogen-bond acceptors (Lipinski definition) is 2. The van der Waals surface area contributed by atoms with Gasteiger partial charge in [0.05, 0.1) is 0 Å². The first-order valence-electron chi connectivity index (χ1n) is 8.80. The monoisotopic (exact) mass is 284 g/mol. The third-order valence-corrected chi connectivity index (χ3v) is 6.07. The van der Waals surface area contributed by atoms with Crippen molar-refractivity contribution in [3.8, 4) is 0 Å². The predicted octanol–water partition coefficient (Wildman–Crippen LogP) is 3.30. The molecule has 114 valence electrons. The van der Waals surface area contributed by atoms with Crippen LogP contribution in [-0.4, -0.2) is 42.0 Å². The van der Waals surface area contributed by atoms with Crippen molar-refractivity contribution in [1.82, 2.24) is 9.80 Å². The molecule has 1 saturated heterocycles. The lowest BCUT2D eigenvalue weighted by Crippen LogP contribution is -2.51. The minimum absolute atomic E-state index is 0.935. The van der Waals surface area contributed by atoms with Gasteiger partial charge in [-0.05, 0) is 43.6 Å². The van der Waals surface area contributed by atoms with Gasteiger partial charge in [0.25, 0.3) is 0 Å². The Morgan fingerprint density at radius 1 is 1.05 bits per heavy atom. The summed E-state index contributed by atoms with van der Waals surface area (Å²) in [6, 6.07) is 9.93. The van der Waals surface area contributed by atoms with Crippen molar-refractivity contribution in [2.75, 3.05) is 26.2 Å². The van der Waals surface area contributed by atoms with Crippen LogP contribution in [0.3, 0.4) is 0 Å². The lowest BCUT2D eigenvalue weighted by Gasteiger charge is -2.41. The number of piperazine rings is 1. The summed E-state index contributed by atoms with van der Waals surface area (Å²) in [5.41, 5.74) is 2.86. The third kappa shape index (κ3) is 2.89. The fourth-order valence-electron chi connectivity index (χ4n) is 4.98. The number of fused-ring (bicyclic) bond motifs is 2. The van der Waals surface area contributed by atoms with Crippen molar-refractivity contribution >= 4 is 0 Å². The highest BCUT2D eigenvalue weighted by Gasteiger charge is 2.42. The highest BCUT2D eigenvalue weighted by molar-refractivity contribution is 5.22. The van der Waals surface area contributed by atoms with Gasteiger partial charge in [0, 0.05) is 38.8 Å². The molecule has 1 aromatic rings. The van der Waals surface area contributed by atoms with Crippen molar-refractivity contribution in [3.05, 3.63) is 35.4 Å². The quantitative estimate of drug-likeness (QED) is 0.840. The van der Waals surface area contributed by atoms with Gasteiger partial charge < -0.3 is 0 Å². The Morgan fingerprint density at radius 3 is 2.57 bits per heavy atom. The SMILES string of the molecule is Cc1cccc(CN2CCN([C@@H]3C[C@H]4CC[C@@H]3C4)CC2)c1. The van der Waals surface area contributed by atoms with E-state index in [1.54, 1.807) is 0 Å². The Balaban J connectivity index is 1.31. The summed E-state index contributed by atoms with van der Waals surface area (Å²) in [4.78, 5) is 5.45. The van der Waals surface area contributed by atoms with Crippen LogP contribution < -0.4 is 0 Å². The van der Waals surface area contributed by atoms with E-state index >= 15 is 0 Å². The summed E-state index contributed by atoms with van der Waals surface area (Å²) >= 11 is 0. The zero-order valence-corrected chi connectivity index (χ0v) is 13.3. The van der Waals surface area contributed by atoms with E-state index < -0.39 is 0 Å². The second-order valence-electron chi connectivity index (χ2n) is 7.54. The molecule has 4 rings (SSSR count). The largest absolute Gasteiger partial charge is 0.298 e. The number of benzene rings is 1. The second-order valence-corrected chi connectivity index (χ2v) is 7.54. The van der Waals surface area contributed by atoms with Gasteiger partial charge in [-0.3, -0.25) is 9.80 Å². The van der Waals surface area contributed by atoms with Gasteiger partial charge >= 0.3 is 0 Å².